The summed E-state index contributed by atoms with van der Waals surface area (Å²) in [7, 11) is 1.69. The first kappa shape index (κ1) is 13.1. The normalized spacial score (nSPS) is 19.2. The quantitative estimate of drug-likeness (QED) is 0.808. The van der Waals surface area contributed by atoms with Crippen LogP contribution in [0, 0.1) is 0 Å². The van der Waals surface area contributed by atoms with Crippen LogP contribution in [0.1, 0.15) is 18.3 Å². The minimum absolute atomic E-state index is 0.557. The molecule has 1 atom stereocenters. The lowest BCUT2D eigenvalue weighted by Crippen LogP contribution is -2.12. The first-order valence-corrected chi connectivity index (χ1v) is 8.21. The Morgan fingerprint density at radius 3 is 3.11 bits per heavy atom. The number of hydrogen-bond acceptors (Lipinski definition) is 3. The first-order valence-electron chi connectivity index (χ1n) is 6.52. The van der Waals surface area contributed by atoms with E-state index in [0.717, 1.165) is 23.5 Å². The Balaban J connectivity index is 2.12. The van der Waals surface area contributed by atoms with E-state index in [0.29, 0.717) is 11.9 Å². The van der Waals surface area contributed by atoms with Crippen LogP contribution in [0.3, 0.4) is 0 Å². The first-order chi connectivity index (χ1) is 9.33. The van der Waals surface area contributed by atoms with Crippen LogP contribution in [0.4, 0.5) is 0 Å². The lowest BCUT2D eigenvalue weighted by Gasteiger charge is -2.15. The van der Waals surface area contributed by atoms with Gasteiger partial charge in [0.1, 0.15) is 11.6 Å². The summed E-state index contributed by atoms with van der Waals surface area (Å²) in [6.07, 6.45) is 2.04. The molecule has 1 aliphatic heterocycles. The van der Waals surface area contributed by atoms with Crippen LogP contribution >= 0.6 is 23.4 Å². The smallest absolute Gasteiger partial charge is 0.121 e. The summed E-state index contributed by atoms with van der Waals surface area (Å²) in [6, 6.07) is 6.68. The van der Waals surface area contributed by atoms with Gasteiger partial charge in [0.05, 0.1) is 18.1 Å². The number of rotatable bonds is 4. The molecule has 3 nitrogen and oxygen atoms in total. The third-order valence-electron chi connectivity index (χ3n) is 3.56. The van der Waals surface area contributed by atoms with Gasteiger partial charge in [0, 0.05) is 30.2 Å². The van der Waals surface area contributed by atoms with Crippen molar-refractivity contribution in [2.45, 2.75) is 18.9 Å². The minimum atomic E-state index is 0.557. The van der Waals surface area contributed by atoms with Gasteiger partial charge >= 0.3 is 0 Å². The fourth-order valence-corrected chi connectivity index (χ4v) is 4.01. The molecule has 102 valence electrons. The Labute approximate surface area is 122 Å². The number of thioether (sulfide) groups is 1. The Hall–Kier alpha value is -0.870. The maximum atomic E-state index is 5.92. The highest BCUT2D eigenvalue weighted by molar-refractivity contribution is 7.99. The summed E-state index contributed by atoms with van der Waals surface area (Å²) in [5.41, 5.74) is 2.21. The molecule has 2 aromatic rings. The molecule has 0 aliphatic carbocycles. The molecule has 1 aromatic heterocycles. The molecule has 0 radical (unpaired) electrons. The van der Waals surface area contributed by atoms with Crippen molar-refractivity contribution in [3.8, 4) is 5.75 Å². The number of aryl methyl sites for hydroxylation is 1. The summed E-state index contributed by atoms with van der Waals surface area (Å²) in [5, 5.41) is 0. The maximum absolute atomic E-state index is 5.92. The van der Waals surface area contributed by atoms with Gasteiger partial charge in [-0.15, -0.1) is 11.6 Å². The SMILES string of the molecule is COc1ccc2c(c1)nc(CCCl)n2C1CCSC1. The van der Waals surface area contributed by atoms with Gasteiger partial charge in [-0.05, 0) is 24.3 Å². The molecule has 0 saturated carbocycles. The van der Waals surface area contributed by atoms with Crippen LogP contribution in [0.15, 0.2) is 18.2 Å². The van der Waals surface area contributed by atoms with Crippen molar-refractivity contribution in [3.05, 3.63) is 24.0 Å². The Kier molecular flexibility index (Phi) is 3.89. The summed E-state index contributed by atoms with van der Waals surface area (Å²) < 4.78 is 7.66. The Morgan fingerprint density at radius 2 is 2.42 bits per heavy atom. The molecule has 1 aromatic carbocycles. The van der Waals surface area contributed by atoms with Gasteiger partial charge in [-0.2, -0.15) is 11.8 Å². The van der Waals surface area contributed by atoms with E-state index in [1.807, 2.05) is 23.9 Å². The number of alkyl halides is 1. The van der Waals surface area contributed by atoms with Gasteiger partial charge in [-0.25, -0.2) is 4.98 Å². The van der Waals surface area contributed by atoms with Gasteiger partial charge < -0.3 is 9.30 Å². The molecule has 1 unspecified atom stereocenters. The largest absolute Gasteiger partial charge is 0.497 e. The summed E-state index contributed by atoms with van der Waals surface area (Å²) in [5.74, 6) is 4.98. The third-order valence-corrected chi connectivity index (χ3v) is 4.89. The second-order valence-electron chi connectivity index (χ2n) is 4.71. The molecule has 0 spiro atoms. The number of ether oxygens (including phenoxy) is 1. The predicted octanol–water partition coefficient (Wildman–Crippen LogP) is 3.50. The van der Waals surface area contributed by atoms with Gasteiger partial charge in [0.25, 0.3) is 0 Å². The molecule has 1 saturated heterocycles. The van der Waals surface area contributed by atoms with Crippen molar-refractivity contribution >= 4 is 34.4 Å². The number of benzene rings is 1. The van der Waals surface area contributed by atoms with Gasteiger partial charge in [0.15, 0.2) is 0 Å². The molecule has 5 heteroatoms. The monoisotopic (exact) mass is 296 g/mol. The van der Waals surface area contributed by atoms with Crippen LogP contribution < -0.4 is 4.74 Å². The zero-order valence-electron chi connectivity index (χ0n) is 10.9. The molecular formula is C14H17ClN2OS. The van der Waals surface area contributed by atoms with E-state index in [1.165, 1.54) is 23.4 Å². The van der Waals surface area contributed by atoms with Gasteiger partial charge in [-0.3, -0.25) is 0 Å². The summed E-state index contributed by atoms with van der Waals surface area (Å²) in [6.45, 7) is 0. The van der Waals surface area contributed by atoms with Crippen LogP contribution in [-0.2, 0) is 6.42 Å². The van der Waals surface area contributed by atoms with Gasteiger partial charge in [-0.1, -0.05) is 0 Å². The second-order valence-corrected chi connectivity index (χ2v) is 6.24. The van der Waals surface area contributed by atoms with Crippen LogP contribution in [0.25, 0.3) is 11.0 Å². The highest BCUT2D eigenvalue weighted by Crippen LogP contribution is 2.33. The zero-order chi connectivity index (χ0) is 13.2. The van der Waals surface area contributed by atoms with Crippen LogP contribution in [0.2, 0.25) is 0 Å². The number of imidazole rings is 1. The Bertz CT molecular complexity index is 578. The van der Waals surface area contributed by atoms with Crippen molar-refractivity contribution in [2.24, 2.45) is 0 Å². The van der Waals surface area contributed by atoms with Crippen molar-refractivity contribution in [1.29, 1.82) is 0 Å². The number of nitrogens with zero attached hydrogens (tertiary/aromatic N) is 2. The number of aromatic nitrogens is 2. The predicted molar refractivity (Wildman–Crippen MR) is 81.7 cm³/mol. The summed E-state index contributed by atoms with van der Waals surface area (Å²) in [4.78, 5) is 4.74. The van der Waals surface area contributed by atoms with Crippen molar-refractivity contribution < 1.29 is 4.74 Å². The lowest BCUT2D eigenvalue weighted by molar-refractivity contribution is 0.415. The van der Waals surface area contributed by atoms with E-state index in [2.05, 4.69) is 10.6 Å². The average molecular weight is 297 g/mol. The molecular weight excluding hydrogens is 280 g/mol. The third kappa shape index (κ3) is 2.43. The molecule has 1 aliphatic rings. The molecule has 3 rings (SSSR count). The van der Waals surface area contributed by atoms with E-state index in [-0.39, 0.29) is 0 Å². The molecule has 0 amide bonds. The lowest BCUT2D eigenvalue weighted by atomic mass is 10.2. The maximum Gasteiger partial charge on any atom is 0.121 e. The van der Waals surface area contributed by atoms with Crippen LogP contribution in [-0.4, -0.2) is 34.0 Å². The number of fused-ring (bicyclic) bond motifs is 1. The molecule has 1 fully saturated rings. The number of methoxy groups -OCH3 is 1. The topological polar surface area (TPSA) is 27.1 Å². The van der Waals surface area contributed by atoms with Crippen molar-refractivity contribution in [2.75, 3.05) is 24.5 Å². The standard InChI is InChI=1S/C14H17ClN2OS/c1-18-11-2-3-13-12(8-11)16-14(4-6-15)17(13)10-5-7-19-9-10/h2-3,8,10H,4-7,9H2,1H3. The van der Waals surface area contributed by atoms with E-state index in [4.69, 9.17) is 21.3 Å². The molecule has 0 N–H and O–H groups in total. The average Bonchev–Trinajstić information content (AvgIpc) is 3.04. The van der Waals surface area contributed by atoms with E-state index in [1.54, 1.807) is 7.11 Å². The van der Waals surface area contributed by atoms with E-state index < -0.39 is 0 Å². The van der Waals surface area contributed by atoms with E-state index in [9.17, 15) is 0 Å². The van der Waals surface area contributed by atoms with Crippen LogP contribution in [0.5, 0.6) is 5.75 Å². The number of hydrogen-bond donors (Lipinski definition) is 0. The number of halogens is 1. The van der Waals surface area contributed by atoms with Crippen molar-refractivity contribution in [1.82, 2.24) is 9.55 Å². The molecule has 2 heterocycles. The highest BCUT2D eigenvalue weighted by atomic mass is 35.5. The fourth-order valence-electron chi connectivity index (χ4n) is 2.65. The fraction of sp³-hybridized carbons (Fsp3) is 0.500. The molecule has 19 heavy (non-hydrogen) atoms. The van der Waals surface area contributed by atoms with E-state index >= 15 is 0 Å². The Morgan fingerprint density at radius 1 is 1.53 bits per heavy atom. The van der Waals surface area contributed by atoms with Gasteiger partial charge in [0.2, 0.25) is 0 Å². The second kappa shape index (κ2) is 5.63. The minimum Gasteiger partial charge on any atom is -0.497 e. The zero-order valence-corrected chi connectivity index (χ0v) is 12.5. The molecule has 0 bridgehead atoms. The summed E-state index contributed by atoms with van der Waals surface area (Å²) >= 11 is 7.93. The van der Waals surface area contributed by atoms with Crippen molar-refractivity contribution in [3.63, 3.8) is 0 Å². The highest BCUT2D eigenvalue weighted by Gasteiger charge is 2.22.